The van der Waals surface area contributed by atoms with Gasteiger partial charge in [0.15, 0.2) is 0 Å². The van der Waals surface area contributed by atoms with E-state index in [9.17, 15) is 13.2 Å². The molecule has 2 aromatic carbocycles. The molecule has 0 aliphatic carbocycles. The molecule has 7 heteroatoms. The number of fused-ring (bicyclic) bond motifs is 1. The smallest absolute Gasteiger partial charge is 0.258 e. The Balaban J connectivity index is 1.89. The van der Waals surface area contributed by atoms with Crippen molar-refractivity contribution in [2.75, 3.05) is 24.5 Å². The van der Waals surface area contributed by atoms with Crippen LogP contribution in [-0.4, -0.2) is 38.3 Å². The molecule has 6 nitrogen and oxygen atoms in total. The molecule has 0 saturated heterocycles. The fourth-order valence-electron chi connectivity index (χ4n) is 3.40. The van der Waals surface area contributed by atoms with Crippen molar-refractivity contribution in [3.63, 3.8) is 0 Å². The van der Waals surface area contributed by atoms with E-state index < -0.39 is 10.0 Å². The Labute approximate surface area is 160 Å². The Hall–Kier alpha value is -2.22. The molecule has 0 atom stereocenters. The Bertz CT molecular complexity index is 935. The summed E-state index contributed by atoms with van der Waals surface area (Å²) in [5.74, 6) is -0.0864. The number of rotatable bonds is 6. The predicted octanol–water partition coefficient (Wildman–Crippen LogP) is 2.38. The molecule has 1 aliphatic heterocycles. The van der Waals surface area contributed by atoms with Gasteiger partial charge in [-0.1, -0.05) is 26.0 Å². The molecule has 27 heavy (non-hydrogen) atoms. The summed E-state index contributed by atoms with van der Waals surface area (Å²) in [7, 11) is -3.50. The number of nitrogens with two attached hydrogens (primary N) is 1. The third-order valence-electron chi connectivity index (χ3n) is 4.97. The van der Waals surface area contributed by atoms with Crippen molar-refractivity contribution in [2.24, 2.45) is 5.73 Å². The second-order valence-corrected chi connectivity index (χ2v) is 8.43. The van der Waals surface area contributed by atoms with Gasteiger partial charge < -0.3 is 10.6 Å². The summed E-state index contributed by atoms with van der Waals surface area (Å²) in [6.07, 6.45) is 0.642. The molecule has 2 N–H and O–H groups in total. The van der Waals surface area contributed by atoms with Crippen LogP contribution in [0.2, 0.25) is 0 Å². The minimum absolute atomic E-state index is 0.0864. The molecule has 1 aliphatic rings. The molecule has 2 aromatic rings. The van der Waals surface area contributed by atoms with Gasteiger partial charge in [-0.3, -0.25) is 4.79 Å². The van der Waals surface area contributed by atoms with Crippen molar-refractivity contribution in [1.82, 2.24) is 4.31 Å². The van der Waals surface area contributed by atoms with Crippen molar-refractivity contribution in [2.45, 2.75) is 31.7 Å². The zero-order valence-corrected chi connectivity index (χ0v) is 16.5. The lowest BCUT2D eigenvalue weighted by Crippen LogP contribution is -2.30. The van der Waals surface area contributed by atoms with Crippen LogP contribution in [0.1, 0.15) is 35.3 Å². The first-order valence-electron chi connectivity index (χ1n) is 9.16. The number of anilines is 1. The normalized spacial score (nSPS) is 13.9. The van der Waals surface area contributed by atoms with E-state index in [4.69, 9.17) is 5.73 Å². The number of nitrogens with zero attached hydrogens (tertiary/aromatic N) is 2. The molecule has 0 spiro atoms. The van der Waals surface area contributed by atoms with E-state index in [1.165, 1.54) is 4.31 Å². The highest BCUT2D eigenvalue weighted by Crippen LogP contribution is 2.32. The highest BCUT2D eigenvalue weighted by molar-refractivity contribution is 7.89. The first-order valence-corrected chi connectivity index (χ1v) is 10.6. The summed E-state index contributed by atoms with van der Waals surface area (Å²) in [6.45, 7) is 5.49. The van der Waals surface area contributed by atoms with Gasteiger partial charge in [0.25, 0.3) is 5.91 Å². The van der Waals surface area contributed by atoms with E-state index >= 15 is 0 Å². The summed E-state index contributed by atoms with van der Waals surface area (Å²) in [4.78, 5) is 14.9. The zero-order chi connectivity index (χ0) is 19.6. The van der Waals surface area contributed by atoms with Gasteiger partial charge in [-0.2, -0.15) is 4.31 Å². The first-order chi connectivity index (χ1) is 12.9. The Morgan fingerprint density at radius 2 is 1.78 bits per heavy atom. The maximum Gasteiger partial charge on any atom is 0.258 e. The average molecular weight is 388 g/mol. The molecular weight excluding hydrogens is 362 g/mol. The van der Waals surface area contributed by atoms with Crippen LogP contribution in [0.15, 0.2) is 47.4 Å². The fourth-order valence-corrected chi connectivity index (χ4v) is 4.91. The topological polar surface area (TPSA) is 83.7 Å². The Kier molecular flexibility index (Phi) is 5.64. The molecular formula is C20H25N3O3S. The number of benzene rings is 2. The van der Waals surface area contributed by atoms with Crippen LogP contribution < -0.4 is 10.6 Å². The van der Waals surface area contributed by atoms with Gasteiger partial charge in [0.2, 0.25) is 10.0 Å². The van der Waals surface area contributed by atoms with Gasteiger partial charge in [0.05, 0.1) is 4.90 Å². The molecule has 144 valence electrons. The summed E-state index contributed by atoms with van der Waals surface area (Å²) in [5.41, 5.74) is 8.84. The zero-order valence-electron chi connectivity index (χ0n) is 15.7. The number of carbonyl (C=O) groups excluding carboxylic acids is 1. The van der Waals surface area contributed by atoms with E-state index in [0.717, 1.165) is 16.8 Å². The van der Waals surface area contributed by atoms with Crippen LogP contribution in [0.25, 0.3) is 0 Å². The highest BCUT2D eigenvalue weighted by Gasteiger charge is 2.28. The SMILES string of the molecule is CCN(CC)S(=O)(=O)c1ccc2c(c1)CCN2C(=O)c1ccc(CN)cc1. The van der Waals surface area contributed by atoms with Gasteiger partial charge in [-0.25, -0.2) is 8.42 Å². The molecule has 0 unspecified atom stereocenters. The number of carbonyl (C=O) groups is 1. The van der Waals surface area contributed by atoms with E-state index in [-0.39, 0.29) is 10.8 Å². The van der Waals surface area contributed by atoms with Crippen molar-refractivity contribution in [1.29, 1.82) is 0 Å². The van der Waals surface area contributed by atoms with E-state index in [2.05, 4.69) is 0 Å². The molecule has 0 radical (unpaired) electrons. The van der Waals surface area contributed by atoms with Crippen molar-refractivity contribution >= 4 is 21.6 Å². The fraction of sp³-hybridized carbons (Fsp3) is 0.350. The largest absolute Gasteiger partial charge is 0.326 e. The second-order valence-electron chi connectivity index (χ2n) is 6.49. The van der Waals surface area contributed by atoms with Crippen LogP contribution in [-0.2, 0) is 23.0 Å². The molecule has 3 rings (SSSR count). The monoisotopic (exact) mass is 387 g/mol. The third-order valence-corrected chi connectivity index (χ3v) is 7.02. The minimum Gasteiger partial charge on any atom is -0.326 e. The Morgan fingerprint density at radius 1 is 1.11 bits per heavy atom. The van der Waals surface area contributed by atoms with E-state index in [0.29, 0.717) is 38.2 Å². The molecule has 1 amide bonds. The number of sulfonamides is 1. The van der Waals surface area contributed by atoms with Crippen LogP contribution in [0.5, 0.6) is 0 Å². The molecule has 1 heterocycles. The van der Waals surface area contributed by atoms with Crippen LogP contribution in [0.3, 0.4) is 0 Å². The van der Waals surface area contributed by atoms with Crippen molar-refractivity contribution in [3.05, 3.63) is 59.2 Å². The number of amides is 1. The van der Waals surface area contributed by atoms with Crippen LogP contribution in [0, 0.1) is 0 Å². The standard InChI is InChI=1S/C20H25N3O3S/c1-3-22(4-2)27(25,26)18-9-10-19-17(13-18)11-12-23(19)20(24)16-7-5-15(14-21)6-8-16/h5-10,13H,3-4,11-12,14,21H2,1-2H3. The summed E-state index contributed by atoms with van der Waals surface area (Å²) in [5, 5.41) is 0. The van der Waals surface area contributed by atoms with E-state index in [1.54, 1.807) is 35.2 Å². The number of hydrogen-bond donors (Lipinski definition) is 1. The first kappa shape index (κ1) is 19.5. The molecule has 0 bridgehead atoms. The lowest BCUT2D eigenvalue weighted by atomic mass is 10.1. The lowest BCUT2D eigenvalue weighted by molar-refractivity contribution is 0.0989. The number of hydrogen-bond acceptors (Lipinski definition) is 4. The van der Waals surface area contributed by atoms with Crippen molar-refractivity contribution < 1.29 is 13.2 Å². The quantitative estimate of drug-likeness (QED) is 0.825. The van der Waals surface area contributed by atoms with Crippen molar-refractivity contribution in [3.8, 4) is 0 Å². The lowest BCUT2D eigenvalue weighted by Gasteiger charge is -2.20. The summed E-state index contributed by atoms with van der Waals surface area (Å²) < 4.78 is 26.9. The molecule has 0 fully saturated rings. The van der Waals surface area contributed by atoms with Gasteiger partial charge >= 0.3 is 0 Å². The second kappa shape index (κ2) is 7.80. The van der Waals surface area contributed by atoms with Gasteiger partial charge in [-0.15, -0.1) is 0 Å². The Morgan fingerprint density at radius 3 is 2.37 bits per heavy atom. The van der Waals surface area contributed by atoms with Gasteiger partial charge in [0.1, 0.15) is 0 Å². The maximum absolute atomic E-state index is 12.9. The summed E-state index contributed by atoms with van der Waals surface area (Å²) in [6, 6.07) is 12.3. The average Bonchev–Trinajstić information content (AvgIpc) is 3.11. The van der Waals surface area contributed by atoms with Crippen LogP contribution in [0.4, 0.5) is 5.69 Å². The molecule has 0 aromatic heterocycles. The summed E-state index contributed by atoms with van der Waals surface area (Å²) >= 11 is 0. The molecule has 0 saturated carbocycles. The van der Waals surface area contributed by atoms with E-state index in [1.807, 2.05) is 26.0 Å². The maximum atomic E-state index is 12.9. The van der Waals surface area contributed by atoms with Crippen LogP contribution >= 0.6 is 0 Å². The van der Waals surface area contributed by atoms with Gasteiger partial charge in [0, 0.05) is 37.4 Å². The third kappa shape index (κ3) is 3.63. The highest BCUT2D eigenvalue weighted by atomic mass is 32.2. The van der Waals surface area contributed by atoms with Gasteiger partial charge in [-0.05, 0) is 47.9 Å². The predicted molar refractivity (Wildman–Crippen MR) is 106 cm³/mol. The minimum atomic E-state index is -3.50.